The van der Waals surface area contributed by atoms with Crippen LogP contribution in [0.4, 0.5) is 5.69 Å². The molecule has 5 heteroatoms. The summed E-state index contributed by atoms with van der Waals surface area (Å²) in [7, 11) is 0. The van der Waals surface area contributed by atoms with Crippen LogP contribution in [0.2, 0.25) is 5.02 Å². The number of halogens is 2. The number of amides is 1. The fourth-order valence-corrected chi connectivity index (χ4v) is 4.52. The highest BCUT2D eigenvalue weighted by atomic mass is 127. The first-order valence-electron chi connectivity index (χ1n) is 6.99. The molecule has 1 aromatic carbocycles. The lowest BCUT2D eigenvalue weighted by Crippen LogP contribution is -2.48. The highest BCUT2D eigenvalue weighted by Gasteiger charge is 2.49. The van der Waals surface area contributed by atoms with E-state index in [0.29, 0.717) is 6.04 Å². The summed E-state index contributed by atoms with van der Waals surface area (Å²) >= 11 is 8.45. The summed E-state index contributed by atoms with van der Waals surface area (Å²) in [5.74, 6) is 0.149. The van der Waals surface area contributed by atoms with Crippen molar-refractivity contribution in [2.75, 3.05) is 18.4 Å². The number of rotatable bonds is 1. The summed E-state index contributed by atoms with van der Waals surface area (Å²) in [6.07, 6.45) is 1.75. The van der Waals surface area contributed by atoms with Crippen molar-refractivity contribution in [1.29, 1.82) is 0 Å². The monoisotopic (exact) mass is 404 g/mol. The second-order valence-electron chi connectivity index (χ2n) is 5.98. The van der Waals surface area contributed by atoms with E-state index in [2.05, 4.69) is 46.7 Å². The standard InChI is InChI=1S/C15H18ClIN2O/c1-9(2)19-5-3-15(4-6-19)11-7-10(16)8-12(17)13(11)18-14(15)20/h7-9H,3-6H2,1-2H3,(H,18,20). The second kappa shape index (κ2) is 5.14. The van der Waals surface area contributed by atoms with Gasteiger partial charge in [-0.3, -0.25) is 4.79 Å². The molecule has 2 aliphatic rings. The van der Waals surface area contributed by atoms with E-state index in [-0.39, 0.29) is 11.3 Å². The van der Waals surface area contributed by atoms with E-state index in [1.54, 1.807) is 0 Å². The van der Waals surface area contributed by atoms with E-state index < -0.39 is 0 Å². The molecule has 0 bridgehead atoms. The molecule has 1 saturated heterocycles. The molecule has 1 fully saturated rings. The number of likely N-dealkylation sites (tertiary alicyclic amines) is 1. The van der Waals surface area contributed by atoms with E-state index in [4.69, 9.17) is 11.6 Å². The fraction of sp³-hybridized carbons (Fsp3) is 0.533. The Morgan fingerprint density at radius 2 is 2.00 bits per heavy atom. The van der Waals surface area contributed by atoms with Gasteiger partial charge in [0.15, 0.2) is 0 Å². The van der Waals surface area contributed by atoms with Crippen LogP contribution in [-0.2, 0) is 10.2 Å². The van der Waals surface area contributed by atoms with Crippen LogP contribution < -0.4 is 5.32 Å². The molecule has 1 spiro atoms. The van der Waals surface area contributed by atoms with Gasteiger partial charge in [-0.05, 0) is 80.1 Å². The summed E-state index contributed by atoms with van der Waals surface area (Å²) in [6.45, 7) is 6.35. The van der Waals surface area contributed by atoms with Crippen molar-refractivity contribution >= 4 is 45.8 Å². The number of carbonyl (C=O) groups excluding carboxylic acids is 1. The van der Waals surface area contributed by atoms with Gasteiger partial charge in [0, 0.05) is 14.6 Å². The van der Waals surface area contributed by atoms with E-state index in [1.807, 2.05) is 12.1 Å². The molecule has 0 radical (unpaired) electrons. The molecule has 0 aromatic heterocycles. The summed E-state index contributed by atoms with van der Waals surface area (Å²) < 4.78 is 1.03. The van der Waals surface area contributed by atoms with Crippen LogP contribution in [0.5, 0.6) is 0 Å². The third-order valence-electron chi connectivity index (χ3n) is 4.63. The van der Waals surface area contributed by atoms with Gasteiger partial charge < -0.3 is 10.2 Å². The lowest BCUT2D eigenvalue weighted by Gasteiger charge is -2.39. The maximum absolute atomic E-state index is 12.6. The van der Waals surface area contributed by atoms with Crippen molar-refractivity contribution in [1.82, 2.24) is 4.90 Å². The summed E-state index contributed by atoms with van der Waals surface area (Å²) in [6, 6.07) is 4.42. The maximum atomic E-state index is 12.6. The Morgan fingerprint density at radius 3 is 2.60 bits per heavy atom. The SMILES string of the molecule is CC(C)N1CCC2(CC1)C(=O)Nc1c(I)cc(Cl)cc12. The van der Waals surface area contributed by atoms with Gasteiger partial charge in [0.2, 0.25) is 5.91 Å². The first kappa shape index (κ1) is 14.6. The molecule has 1 aromatic rings. The van der Waals surface area contributed by atoms with E-state index >= 15 is 0 Å². The predicted octanol–water partition coefficient (Wildman–Crippen LogP) is 3.64. The van der Waals surface area contributed by atoms with Gasteiger partial charge in [-0.2, -0.15) is 0 Å². The van der Waals surface area contributed by atoms with E-state index in [0.717, 1.165) is 45.8 Å². The Bertz CT molecular complexity index is 565. The quantitative estimate of drug-likeness (QED) is 0.725. The number of carbonyl (C=O) groups is 1. The topological polar surface area (TPSA) is 32.3 Å². The number of hydrogen-bond acceptors (Lipinski definition) is 2. The molecule has 3 nitrogen and oxygen atoms in total. The second-order valence-corrected chi connectivity index (χ2v) is 7.57. The van der Waals surface area contributed by atoms with Crippen molar-refractivity contribution in [3.63, 3.8) is 0 Å². The van der Waals surface area contributed by atoms with Crippen molar-refractivity contribution in [2.24, 2.45) is 0 Å². The molecule has 0 aliphatic carbocycles. The Hall–Kier alpha value is -0.330. The van der Waals surface area contributed by atoms with Crippen LogP contribution in [-0.4, -0.2) is 29.9 Å². The largest absolute Gasteiger partial charge is 0.324 e. The average molecular weight is 405 g/mol. The molecular formula is C15H18ClIN2O. The molecule has 0 atom stereocenters. The van der Waals surface area contributed by atoms with Gasteiger partial charge in [-0.15, -0.1) is 0 Å². The zero-order valence-corrected chi connectivity index (χ0v) is 14.6. The highest BCUT2D eigenvalue weighted by Crippen LogP contribution is 2.47. The molecule has 1 amide bonds. The molecular weight excluding hydrogens is 387 g/mol. The van der Waals surface area contributed by atoms with E-state index in [9.17, 15) is 4.79 Å². The predicted molar refractivity (Wildman–Crippen MR) is 90.4 cm³/mol. The number of hydrogen-bond donors (Lipinski definition) is 1. The molecule has 2 heterocycles. The number of piperidine rings is 1. The van der Waals surface area contributed by atoms with Crippen molar-refractivity contribution in [3.8, 4) is 0 Å². The molecule has 1 N–H and O–H groups in total. The van der Waals surface area contributed by atoms with Crippen LogP contribution in [0.25, 0.3) is 0 Å². The molecule has 2 aliphatic heterocycles. The van der Waals surface area contributed by atoms with Crippen LogP contribution in [0.15, 0.2) is 12.1 Å². The number of nitrogens with one attached hydrogen (secondary N) is 1. The fourth-order valence-electron chi connectivity index (χ4n) is 3.35. The van der Waals surface area contributed by atoms with Crippen molar-refractivity contribution < 1.29 is 4.79 Å². The summed E-state index contributed by atoms with van der Waals surface area (Å²) in [4.78, 5) is 15.0. The zero-order valence-electron chi connectivity index (χ0n) is 11.7. The lowest BCUT2D eigenvalue weighted by molar-refractivity contribution is -0.122. The lowest BCUT2D eigenvalue weighted by atomic mass is 9.73. The Morgan fingerprint density at radius 1 is 1.35 bits per heavy atom. The number of nitrogens with zero attached hydrogens (tertiary/aromatic N) is 1. The van der Waals surface area contributed by atoms with Gasteiger partial charge in [0.25, 0.3) is 0 Å². The van der Waals surface area contributed by atoms with Gasteiger partial charge in [0.1, 0.15) is 0 Å². The zero-order chi connectivity index (χ0) is 14.5. The molecule has 108 valence electrons. The van der Waals surface area contributed by atoms with E-state index in [1.165, 1.54) is 0 Å². The maximum Gasteiger partial charge on any atom is 0.235 e. The third kappa shape index (κ3) is 2.16. The molecule has 20 heavy (non-hydrogen) atoms. The van der Waals surface area contributed by atoms with Crippen LogP contribution in [0.3, 0.4) is 0 Å². The Labute approximate surface area is 138 Å². The van der Waals surface area contributed by atoms with Gasteiger partial charge in [0.05, 0.1) is 11.1 Å². The van der Waals surface area contributed by atoms with Crippen LogP contribution in [0, 0.1) is 3.57 Å². The third-order valence-corrected chi connectivity index (χ3v) is 5.69. The smallest absolute Gasteiger partial charge is 0.235 e. The number of anilines is 1. The normalized spacial score (nSPS) is 21.4. The van der Waals surface area contributed by atoms with Crippen LogP contribution >= 0.6 is 34.2 Å². The van der Waals surface area contributed by atoms with Crippen molar-refractivity contribution in [3.05, 3.63) is 26.3 Å². The van der Waals surface area contributed by atoms with Gasteiger partial charge >= 0.3 is 0 Å². The Kier molecular flexibility index (Phi) is 3.75. The van der Waals surface area contributed by atoms with Gasteiger partial charge in [-0.1, -0.05) is 11.6 Å². The number of fused-ring (bicyclic) bond motifs is 2. The van der Waals surface area contributed by atoms with Crippen molar-refractivity contribution in [2.45, 2.75) is 38.1 Å². The van der Waals surface area contributed by atoms with Crippen LogP contribution in [0.1, 0.15) is 32.3 Å². The Balaban J connectivity index is 1.99. The minimum absolute atomic E-state index is 0.149. The molecule has 0 unspecified atom stereocenters. The summed E-state index contributed by atoms with van der Waals surface area (Å²) in [5.41, 5.74) is 1.70. The molecule has 0 saturated carbocycles. The highest BCUT2D eigenvalue weighted by molar-refractivity contribution is 14.1. The van der Waals surface area contributed by atoms with Gasteiger partial charge in [-0.25, -0.2) is 0 Å². The average Bonchev–Trinajstić information content (AvgIpc) is 2.65. The first-order valence-corrected chi connectivity index (χ1v) is 8.45. The number of benzene rings is 1. The minimum Gasteiger partial charge on any atom is -0.324 e. The summed E-state index contributed by atoms with van der Waals surface area (Å²) in [5, 5.41) is 3.79. The molecule has 3 rings (SSSR count). The first-order chi connectivity index (χ1) is 9.44. The minimum atomic E-state index is -0.369.